The van der Waals surface area contributed by atoms with Crippen LogP contribution in [-0.2, 0) is 52.0 Å². The van der Waals surface area contributed by atoms with Crippen molar-refractivity contribution in [1.82, 2.24) is 33.6 Å². The van der Waals surface area contributed by atoms with Crippen molar-refractivity contribution in [1.29, 1.82) is 5.26 Å². The fourth-order valence-electron chi connectivity index (χ4n) is 10.2. The molecule has 28 heteroatoms. The second kappa shape index (κ2) is 21.9. The number of nitriles is 1. The predicted molar refractivity (Wildman–Crippen MR) is 264 cm³/mol. The first kappa shape index (κ1) is 54.7. The summed E-state index contributed by atoms with van der Waals surface area (Å²) < 4.78 is 116. The van der Waals surface area contributed by atoms with Gasteiger partial charge in [0.2, 0.25) is 0 Å². The van der Waals surface area contributed by atoms with E-state index in [9.17, 15) is 24.3 Å². The second-order valence-electron chi connectivity index (χ2n) is 19.6. The molecule has 1 aromatic carbocycles. The number of alkyl halides is 1. The molecule has 22 nitrogen and oxygen atoms in total. The van der Waals surface area contributed by atoms with Gasteiger partial charge in [-0.2, -0.15) is 5.26 Å². The van der Waals surface area contributed by atoms with Crippen molar-refractivity contribution in [3.63, 3.8) is 0 Å². The Labute approximate surface area is 422 Å². The first-order chi connectivity index (χ1) is 34.6. The van der Waals surface area contributed by atoms with E-state index < -0.39 is 112 Å². The van der Waals surface area contributed by atoms with Crippen molar-refractivity contribution in [3.05, 3.63) is 77.2 Å². The van der Waals surface area contributed by atoms with E-state index in [4.69, 9.17) is 35.8 Å². The Balaban J connectivity index is 1.16. The lowest BCUT2D eigenvalue weighted by Crippen LogP contribution is -2.65. The molecule has 2 aliphatic heterocycles. The van der Waals surface area contributed by atoms with Gasteiger partial charge in [0.05, 0.1) is 50.5 Å². The molecule has 2 N–H and O–H groups in total. The van der Waals surface area contributed by atoms with Gasteiger partial charge in [-0.1, -0.05) is 73.6 Å². The molecule has 6 heterocycles. The lowest BCUT2D eigenvalue weighted by Gasteiger charge is -2.52. The average Bonchev–Trinajstić information content (AvgIpc) is 4.09. The Hall–Kier alpha value is -4.59. The summed E-state index contributed by atoms with van der Waals surface area (Å²) in [5.41, 5.74) is -0.611. The molecule has 2 unspecified atom stereocenters. The minimum Gasteiger partial charge on any atom is -0.414 e. The number of hydrogen-bond acceptors (Lipinski definition) is 17. The Morgan fingerprint density at radius 3 is 2.34 bits per heavy atom. The summed E-state index contributed by atoms with van der Waals surface area (Å²) in [4.78, 5) is 53.5. The zero-order chi connectivity index (χ0) is 52.7. The number of nitrogens with zero attached hydrogens (tertiary/aromatic N) is 8. The molecular formula is C45H60F2N9O13P2Si2+. The first-order valence-electron chi connectivity index (χ1n) is 24.0. The van der Waals surface area contributed by atoms with Crippen LogP contribution in [0.15, 0.2) is 60.3 Å². The predicted octanol–water partition coefficient (Wildman–Crippen LogP) is 8.19. The van der Waals surface area contributed by atoms with Crippen LogP contribution in [0.2, 0.25) is 22.2 Å². The largest absolute Gasteiger partial charge is 0.695 e. The van der Waals surface area contributed by atoms with E-state index in [1.165, 1.54) is 28.8 Å². The summed E-state index contributed by atoms with van der Waals surface area (Å²) in [5.74, 6) is -1.88. The Morgan fingerprint density at radius 2 is 1.68 bits per heavy atom. The van der Waals surface area contributed by atoms with Crippen LogP contribution >= 0.6 is 16.1 Å². The van der Waals surface area contributed by atoms with Gasteiger partial charge in [-0.25, -0.2) is 33.3 Å². The third kappa shape index (κ3) is 10.5. The highest BCUT2D eigenvalue weighted by molar-refractivity contribution is 7.48. The number of aryl methyl sites for hydroxylation is 1. The number of hydrogen-bond donors (Lipinski definition) is 2. The molecule has 10 atom stereocenters. The maximum atomic E-state index is 16.7. The Kier molecular flexibility index (Phi) is 16.4. The Bertz CT molecular complexity index is 2960. The maximum absolute atomic E-state index is 16.7. The minimum absolute atomic E-state index is 0.000394. The van der Waals surface area contributed by atoms with E-state index in [0.717, 1.165) is 17.1 Å². The van der Waals surface area contributed by atoms with Crippen molar-refractivity contribution >= 4 is 67.1 Å². The first-order valence-corrected chi connectivity index (χ1v) is 30.5. The number of benzene rings is 1. The highest BCUT2D eigenvalue weighted by atomic mass is 31.2. The average molecular weight is 1090 g/mol. The van der Waals surface area contributed by atoms with Gasteiger partial charge in [0, 0.05) is 35.9 Å². The van der Waals surface area contributed by atoms with Gasteiger partial charge in [0.1, 0.15) is 23.9 Å². The van der Waals surface area contributed by atoms with Crippen LogP contribution in [0.1, 0.15) is 90.9 Å². The number of fused-ring (bicyclic) bond motifs is 3. The normalized spacial score (nSPS) is 26.0. The number of halogens is 2. The summed E-state index contributed by atoms with van der Waals surface area (Å²) in [5, 5.41) is 11.9. The van der Waals surface area contributed by atoms with Gasteiger partial charge in [-0.15, -0.1) is 9.42 Å². The number of aromatic nitrogens is 7. The molecule has 3 fully saturated rings. The molecule has 0 bridgehead atoms. The van der Waals surface area contributed by atoms with E-state index >= 15 is 13.3 Å². The van der Waals surface area contributed by atoms with Crippen LogP contribution in [0, 0.1) is 23.1 Å². The minimum atomic E-state index is -5.01. The highest BCUT2D eigenvalue weighted by Crippen LogP contribution is 2.58. The SMILES string of the molecule is CC(C)[Si]1(C(C)C)OC[C@H]2C[C@@H](n3cc(F)c4c(=O)n(C)cnc43)[C@H](OP(=O)(OCCC#N)OC[C@H]3O[C@@H](n4cnc5c(NC(=O)c6ccccc6)ncnc54)[C@H](F)[C@@H]3O[P+](=O)O)[C@@H]2O[Si](C(C)C)(C(C)C)O1. The van der Waals surface area contributed by atoms with E-state index in [1.807, 2.05) is 33.8 Å². The quantitative estimate of drug-likeness (QED) is 0.0475. The third-order valence-corrected chi connectivity index (χ3v) is 25.9. The van der Waals surface area contributed by atoms with Crippen LogP contribution in [0.4, 0.5) is 14.6 Å². The number of ether oxygens (including phenoxy) is 1. The van der Waals surface area contributed by atoms with Crippen molar-refractivity contribution < 1.29 is 63.4 Å². The van der Waals surface area contributed by atoms with Crippen molar-refractivity contribution in [2.45, 2.75) is 133 Å². The topological polar surface area (TPSA) is 265 Å². The smallest absolute Gasteiger partial charge is 0.414 e. The number of nitrogens with one attached hydrogen (secondary N) is 1. The molecule has 2 saturated heterocycles. The number of phosphoric acid groups is 1. The molecule has 1 saturated carbocycles. The van der Waals surface area contributed by atoms with Crippen LogP contribution in [0.25, 0.3) is 22.2 Å². The number of carbonyl (C=O) groups is 1. The van der Waals surface area contributed by atoms with Crippen LogP contribution in [-0.4, -0.2) is 112 Å². The number of rotatable bonds is 18. The molecular weight excluding hydrogens is 1030 g/mol. The lowest BCUT2D eigenvalue weighted by molar-refractivity contribution is -0.0570. The fraction of sp³-hybridized carbons (Fsp3) is 0.578. The summed E-state index contributed by atoms with van der Waals surface area (Å²) in [6.07, 6.45) is -5.06. The molecule has 8 rings (SSSR count). The number of anilines is 1. The lowest BCUT2D eigenvalue weighted by atomic mass is 10.1. The monoisotopic (exact) mass is 1090 g/mol. The molecule has 4 aromatic heterocycles. The fourth-order valence-corrected chi connectivity index (χ4v) is 23.3. The van der Waals surface area contributed by atoms with Gasteiger partial charge >= 0.3 is 33.2 Å². The standard InChI is InChI=1S/C45H59F2N9O13P2Si2/c1-25(2)72(26(3)4)64-20-30-18-32(55-19-31(46)34-41(55)52-23-54(9)44(34)58)38(37(30)68-73(69-72,27(5)6)28(7)8)67-71(61,62-17-13-16-48)63-21-33-39(66-70(59)60)35(47)45(65-33)56-24-51-36-40(49-22-50-42(36)56)53-43(57)29-14-11-10-12-15-29/h10-12,14-15,19,22-28,30,32-33,35,37-39,45H,13,17-18,20-21H2,1-9H3,(H-,49,50,53,57,59,60)/p+1/t30-,32-,33-,35-,37-,38+,39-,45-,71?/m1/s1. The molecule has 1 aliphatic carbocycles. The van der Waals surface area contributed by atoms with Crippen LogP contribution < -0.4 is 10.9 Å². The molecule has 0 spiro atoms. The van der Waals surface area contributed by atoms with Gasteiger partial charge in [-0.3, -0.25) is 27.7 Å². The van der Waals surface area contributed by atoms with Gasteiger partial charge in [-0.05, 0) is 40.7 Å². The van der Waals surface area contributed by atoms with E-state index in [1.54, 1.807) is 30.3 Å². The molecule has 0 radical (unpaired) electrons. The number of phosphoric ester groups is 1. The van der Waals surface area contributed by atoms with E-state index in [0.29, 0.717) is 5.56 Å². The van der Waals surface area contributed by atoms with Crippen LogP contribution in [0.3, 0.4) is 0 Å². The molecule has 73 heavy (non-hydrogen) atoms. The van der Waals surface area contributed by atoms with Gasteiger partial charge in [0.15, 0.2) is 46.9 Å². The van der Waals surface area contributed by atoms with E-state index in [-0.39, 0.29) is 69.6 Å². The number of carbonyl (C=O) groups excluding carboxylic acids is 1. The summed E-state index contributed by atoms with van der Waals surface area (Å²) >= 11 is 0. The summed E-state index contributed by atoms with van der Waals surface area (Å²) in [7, 11) is -13.6. The van der Waals surface area contributed by atoms with Gasteiger partial charge < -0.3 is 32.2 Å². The van der Waals surface area contributed by atoms with Crippen LogP contribution in [0.5, 0.6) is 0 Å². The second-order valence-corrected chi connectivity index (χ2v) is 30.8. The molecule has 1 amide bonds. The van der Waals surface area contributed by atoms with Crippen molar-refractivity contribution in [2.24, 2.45) is 13.0 Å². The third-order valence-electron chi connectivity index (χ3n) is 13.8. The summed E-state index contributed by atoms with van der Waals surface area (Å²) in [6, 6.07) is 9.27. The molecule has 5 aromatic rings. The number of imidazole rings is 1. The van der Waals surface area contributed by atoms with Gasteiger partial charge in [0.25, 0.3) is 11.5 Å². The molecule has 3 aliphatic rings. The van der Waals surface area contributed by atoms with Crippen molar-refractivity contribution in [2.75, 3.05) is 25.1 Å². The van der Waals surface area contributed by atoms with E-state index in [2.05, 4.69) is 52.9 Å². The maximum Gasteiger partial charge on any atom is 0.695 e. The summed E-state index contributed by atoms with van der Waals surface area (Å²) in [6.45, 7) is 15.2. The zero-order valence-corrected chi connectivity index (χ0v) is 45.5. The highest BCUT2D eigenvalue weighted by Gasteiger charge is 2.63. The Morgan fingerprint density at radius 1 is 0.986 bits per heavy atom. The zero-order valence-electron chi connectivity index (χ0n) is 41.7. The number of amides is 1. The van der Waals surface area contributed by atoms with Crippen molar-refractivity contribution in [3.8, 4) is 6.07 Å². The molecule has 394 valence electrons.